The van der Waals surface area contributed by atoms with Crippen LogP contribution in [0.1, 0.15) is 12.6 Å². The van der Waals surface area contributed by atoms with Gasteiger partial charge in [0.1, 0.15) is 0 Å². The Hall–Kier alpha value is -1.16. The normalized spacial score (nSPS) is 11.7. The Morgan fingerprint density at radius 3 is 2.83 bits per heavy atom. The Labute approximate surface area is 74.9 Å². The summed E-state index contributed by atoms with van der Waals surface area (Å²) in [5.41, 5.74) is 1.32. The van der Waals surface area contributed by atoms with Crippen LogP contribution in [0.5, 0.6) is 0 Å². The third kappa shape index (κ3) is 2.47. The molecule has 0 unspecified atom stereocenters. The van der Waals surface area contributed by atoms with Gasteiger partial charge >= 0.3 is 0 Å². The molecule has 0 aromatic carbocycles. The second-order valence-corrected chi connectivity index (χ2v) is 2.75. The van der Waals surface area contributed by atoms with Crippen LogP contribution < -0.4 is 0 Å². The molecule has 1 aromatic heterocycles. The van der Waals surface area contributed by atoms with Gasteiger partial charge in [-0.2, -0.15) is 5.10 Å². The van der Waals surface area contributed by atoms with Gasteiger partial charge in [0, 0.05) is 6.42 Å². The number of nitrogens with zero attached hydrogens (tertiary/aromatic N) is 3. The summed E-state index contributed by atoms with van der Waals surface area (Å²) in [6.07, 6.45) is 0.487. The largest absolute Gasteiger partial charge is 0.411 e. The van der Waals surface area contributed by atoms with Gasteiger partial charge in [-0.3, -0.25) is 0 Å². The third-order valence-electron chi connectivity index (χ3n) is 1.29. The molecular weight excluding hydrogens is 178 g/mol. The first-order chi connectivity index (χ1) is 5.72. The van der Waals surface area contributed by atoms with Crippen molar-refractivity contribution in [3.05, 3.63) is 23.0 Å². The van der Waals surface area contributed by atoms with Crippen LogP contribution in [-0.4, -0.2) is 21.1 Å². The smallest absolute Gasteiger partial charge is 0.151 e. The van der Waals surface area contributed by atoms with Gasteiger partial charge in [-0.1, -0.05) is 16.8 Å². The molecule has 0 aliphatic rings. The fourth-order valence-electron chi connectivity index (χ4n) is 0.735. The van der Waals surface area contributed by atoms with Crippen LogP contribution in [0.4, 0.5) is 0 Å². The van der Waals surface area contributed by atoms with Crippen molar-refractivity contribution in [1.82, 2.24) is 10.2 Å². The summed E-state index contributed by atoms with van der Waals surface area (Å²) in [5, 5.41) is 19.2. The number of aromatic nitrogens is 2. The lowest BCUT2D eigenvalue weighted by atomic mass is 10.2. The summed E-state index contributed by atoms with van der Waals surface area (Å²) in [7, 11) is 0. The summed E-state index contributed by atoms with van der Waals surface area (Å²) >= 11 is 5.53. The first-order valence-electron chi connectivity index (χ1n) is 3.38. The number of halogens is 1. The molecule has 0 amide bonds. The molecule has 0 spiro atoms. The molecule has 0 aliphatic heterocycles. The van der Waals surface area contributed by atoms with Gasteiger partial charge < -0.3 is 5.21 Å². The van der Waals surface area contributed by atoms with Gasteiger partial charge in [-0.25, -0.2) is 0 Å². The Morgan fingerprint density at radius 2 is 2.33 bits per heavy atom. The van der Waals surface area contributed by atoms with Crippen molar-refractivity contribution in [3.8, 4) is 0 Å². The molecule has 0 saturated heterocycles. The highest BCUT2D eigenvalue weighted by atomic mass is 35.5. The summed E-state index contributed by atoms with van der Waals surface area (Å²) in [6.45, 7) is 1.70. The number of hydrogen-bond acceptors (Lipinski definition) is 4. The Bertz CT molecular complexity index is 283. The van der Waals surface area contributed by atoms with Gasteiger partial charge in [0.2, 0.25) is 0 Å². The highest BCUT2D eigenvalue weighted by Crippen LogP contribution is 2.02. The number of rotatable bonds is 2. The molecule has 12 heavy (non-hydrogen) atoms. The maximum Gasteiger partial charge on any atom is 0.151 e. The standard InChI is InChI=1S/C7H8ClN3O/c1-5(11-12)4-6-2-3-7(8)10-9-6/h2-3,12H,4H2,1H3/b11-5-. The predicted octanol–water partition coefficient (Wildman–Crippen LogP) is 1.52. The van der Waals surface area contributed by atoms with Gasteiger partial charge in [0.05, 0.1) is 11.4 Å². The highest BCUT2D eigenvalue weighted by Gasteiger charge is 1.98. The van der Waals surface area contributed by atoms with Crippen LogP contribution in [0.25, 0.3) is 0 Å². The molecule has 0 saturated carbocycles. The summed E-state index contributed by atoms with van der Waals surface area (Å²) in [6, 6.07) is 3.39. The van der Waals surface area contributed by atoms with Crippen molar-refractivity contribution in [2.75, 3.05) is 0 Å². The van der Waals surface area contributed by atoms with Crippen molar-refractivity contribution in [1.29, 1.82) is 0 Å². The van der Waals surface area contributed by atoms with Gasteiger partial charge in [0.15, 0.2) is 5.15 Å². The number of oxime groups is 1. The highest BCUT2D eigenvalue weighted by molar-refractivity contribution is 6.29. The molecule has 1 heterocycles. The zero-order valence-corrected chi connectivity index (χ0v) is 7.28. The maximum absolute atomic E-state index is 8.36. The van der Waals surface area contributed by atoms with Crippen LogP contribution >= 0.6 is 11.6 Å². The molecule has 1 aromatic rings. The van der Waals surface area contributed by atoms with Crippen LogP contribution in [0.15, 0.2) is 17.3 Å². The van der Waals surface area contributed by atoms with E-state index in [1.165, 1.54) is 0 Å². The minimum Gasteiger partial charge on any atom is -0.411 e. The van der Waals surface area contributed by atoms with Crippen LogP contribution in [-0.2, 0) is 6.42 Å². The first-order valence-corrected chi connectivity index (χ1v) is 3.76. The van der Waals surface area contributed by atoms with E-state index in [2.05, 4.69) is 15.4 Å². The third-order valence-corrected chi connectivity index (χ3v) is 1.50. The van der Waals surface area contributed by atoms with Crippen LogP contribution in [0.2, 0.25) is 5.15 Å². The fourth-order valence-corrected chi connectivity index (χ4v) is 0.836. The Balaban J connectivity index is 2.71. The molecular formula is C7H8ClN3O. The van der Waals surface area contributed by atoms with E-state index < -0.39 is 0 Å². The molecule has 0 radical (unpaired) electrons. The average molecular weight is 186 g/mol. The fraction of sp³-hybridized carbons (Fsp3) is 0.286. The van der Waals surface area contributed by atoms with Crippen molar-refractivity contribution < 1.29 is 5.21 Å². The van der Waals surface area contributed by atoms with E-state index in [9.17, 15) is 0 Å². The van der Waals surface area contributed by atoms with Crippen molar-refractivity contribution in [2.24, 2.45) is 5.16 Å². The quantitative estimate of drug-likeness (QED) is 0.432. The minimum absolute atomic E-state index is 0.359. The average Bonchev–Trinajstić information content (AvgIpc) is 2.09. The van der Waals surface area contributed by atoms with Gasteiger partial charge in [0.25, 0.3) is 0 Å². The topological polar surface area (TPSA) is 58.4 Å². The maximum atomic E-state index is 8.36. The second-order valence-electron chi connectivity index (χ2n) is 2.36. The zero-order chi connectivity index (χ0) is 8.97. The van der Waals surface area contributed by atoms with Gasteiger partial charge in [-0.05, 0) is 19.1 Å². The lowest BCUT2D eigenvalue weighted by molar-refractivity contribution is 0.317. The van der Waals surface area contributed by atoms with Crippen LogP contribution in [0, 0.1) is 0 Å². The Kier molecular flexibility index (Phi) is 2.99. The lowest BCUT2D eigenvalue weighted by Gasteiger charge is -1.96. The van der Waals surface area contributed by atoms with E-state index in [0.29, 0.717) is 17.3 Å². The lowest BCUT2D eigenvalue weighted by Crippen LogP contribution is -2.00. The SMILES string of the molecule is C/C(Cc1ccc(Cl)nn1)=N/O. The number of hydrogen-bond donors (Lipinski definition) is 1. The molecule has 1 rings (SSSR count). The zero-order valence-electron chi connectivity index (χ0n) is 6.53. The summed E-state index contributed by atoms with van der Waals surface area (Å²) in [4.78, 5) is 0. The van der Waals surface area contributed by atoms with Crippen molar-refractivity contribution >= 4 is 17.3 Å². The van der Waals surface area contributed by atoms with E-state index in [4.69, 9.17) is 16.8 Å². The minimum atomic E-state index is 0.359. The van der Waals surface area contributed by atoms with E-state index in [-0.39, 0.29) is 0 Å². The summed E-state index contributed by atoms with van der Waals surface area (Å²) in [5.74, 6) is 0. The van der Waals surface area contributed by atoms with E-state index in [1.807, 2.05) is 0 Å². The van der Waals surface area contributed by atoms with E-state index in [1.54, 1.807) is 19.1 Å². The van der Waals surface area contributed by atoms with Gasteiger partial charge in [-0.15, -0.1) is 5.10 Å². The molecule has 0 atom stereocenters. The predicted molar refractivity (Wildman–Crippen MR) is 45.6 cm³/mol. The van der Waals surface area contributed by atoms with E-state index in [0.717, 1.165) is 5.69 Å². The molecule has 64 valence electrons. The van der Waals surface area contributed by atoms with Crippen molar-refractivity contribution in [3.63, 3.8) is 0 Å². The molecule has 0 bridgehead atoms. The second kappa shape index (κ2) is 4.01. The molecule has 4 nitrogen and oxygen atoms in total. The van der Waals surface area contributed by atoms with Crippen molar-refractivity contribution in [2.45, 2.75) is 13.3 Å². The molecule has 0 aliphatic carbocycles. The van der Waals surface area contributed by atoms with E-state index >= 15 is 0 Å². The molecule has 0 fully saturated rings. The first kappa shape index (κ1) is 8.93. The molecule has 1 N–H and O–H groups in total. The van der Waals surface area contributed by atoms with Crippen LogP contribution in [0.3, 0.4) is 0 Å². The monoisotopic (exact) mass is 185 g/mol. The summed E-state index contributed by atoms with van der Waals surface area (Å²) < 4.78 is 0. The Morgan fingerprint density at radius 1 is 1.58 bits per heavy atom. The molecule has 5 heteroatoms.